The maximum absolute atomic E-state index is 13.8. The van der Waals surface area contributed by atoms with Crippen LogP contribution in [0.3, 0.4) is 0 Å². The third-order valence-corrected chi connectivity index (χ3v) is 7.41. The Morgan fingerprint density at radius 2 is 1.90 bits per heavy atom. The highest BCUT2D eigenvalue weighted by molar-refractivity contribution is 7.07. The van der Waals surface area contributed by atoms with Crippen LogP contribution in [0.2, 0.25) is 5.02 Å². The summed E-state index contributed by atoms with van der Waals surface area (Å²) in [5.41, 5.74) is 2.56. The summed E-state index contributed by atoms with van der Waals surface area (Å²) in [7, 11) is 0. The number of nitrogens with zero attached hydrogens (tertiary/aromatic N) is 2. The van der Waals surface area contributed by atoms with Crippen molar-refractivity contribution < 1.29 is 18.7 Å². The molecule has 4 aromatic rings. The number of esters is 1. The lowest BCUT2D eigenvalue weighted by Gasteiger charge is -2.24. The third kappa shape index (κ3) is 5.57. The predicted octanol–water partition coefficient (Wildman–Crippen LogP) is 5.17. The van der Waals surface area contributed by atoms with Crippen LogP contribution in [0.25, 0.3) is 6.08 Å². The zero-order valence-corrected chi connectivity index (χ0v) is 22.8. The predicted molar refractivity (Wildman–Crippen MR) is 149 cm³/mol. The number of allylic oxidation sites excluding steroid dienone is 1. The molecule has 0 N–H and O–H groups in total. The van der Waals surface area contributed by atoms with Crippen LogP contribution in [0.4, 0.5) is 4.39 Å². The van der Waals surface area contributed by atoms with Gasteiger partial charge < -0.3 is 9.47 Å². The molecule has 0 spiro atoms. The van der Waals surface area contributed by atoms with Gasteiger partial charge in [0.1, 0.15) is 18.2 Å². The second-order valence-electron chi connectivity index (χ2n) is 8.81. The van der Waals surface area contributed by atoms with Crippen molar-refractivity contribution in [3.8, 4) is 5.75 Å². The molecule has 6 nitrogen and oxygen atoms in total. The number of fused-ring (bicyclic) bond motifs is 1. The number of halogens is 2. The number of thiazole rings is 1. The summed E-state index contributed by atoms with van der Waals surface area (Å²) < 4.78 is 27.0. The molecule has 0 fully saturated rings. The van der Waals surface area contributed by atoms with Gasteiger partial charge in [-0.3, -0.25) is 9.36 Å². The number of carbonyl (C=O) groups excluding carboxylic acids is 1. The van der Waals surface area contributed by atoms with E-state index in [1.807, 2.05) is 42.5 Å². The molecule has 0 amide bonds. The third-order valence-electron chi connectivity index (χ3n) is 6.19. The molecular formula is C30H24ClFN2O4S. The standard InChI is InChI=1S/C30H24ClFN2O4S/c1-3-37-29(36)26-18(2)33-30-34(27(26)20-11-13-23(32)14-12-20)28(35)25(39-30)16-21-8-4-5-10-24(21)38-17-19-7-6-9-22(31)15-19/h4-16,27H,3,17H2,1-2H3. The number of hydrogen-bond acceptors (Lipinski definition) is 6. The van der Waals surface area contributed by atoms with Crippen LogP contribution >= 0.6 is 22.9 Å². The van der Waals surface area contributed by atoms with Gasteiger partial charge in [-0.15, -0.1) is 0 Å². The topological polar surface area (TPSA) is 69.9 Å². The van der Waals surface area contributed by atoms with Gasteiger partial charge in [0.25, 0.3) is 5.56 Å². The van der Waals surface area contributed by atoms with Gasteiger partial charge in [0.15, 0.2) is 4.80 Å². The van der Waals surface area contributed by atoms with E-state index >= 15 is 0 Å². The monoisotopic (exact) mass is 562 g/mol. The Balaban J connectivity index is 1.59. The van der Waals surface area contributed by atoms with Crippen LogP contribution in [-0.4, -0.2) is 17.1 Å². The molecule has 0 aliphatic carbocycles. The minimum atomic E-state index is -0.808. The summed E-state index contributed by atoms with van der Waals surface area (Å²) in [4.78, 5) is 31.8. The van der Waals surface area contributed by atoms with Crippen LogP contribution < -0.4 is 19.6 Å². The van der Waals surface area contributed by atoms with E-state index in [1.54, 1.807) is 38.1 Å². The second-order valence-corrected chi connectivity index (χ2v) is 10.3. The summed E-state index contributed by atoms with van der Waals surface area (Å²) in [6.07, 6.45) is 1.75. The minimum absolute atomic E-state index is 0.169. The second kappa shape index (κ2) is 11.4. The van der Waals surface area contributed by atoms with Gasteiger partial charge in [0, 0.05) is 10.6 Å². The van der Waals surface area contributed by atoms with E-state index in [2.05, 4.69) is 4.99 Å². The van der Waals surface area contributed by atoms with Crippen molar-refractivity contribution in [1.29, 1.82) is 0 Å². The molecule has 1 aliphatic heterocycles. The maximum Gasteiger partial charge on any atom is 0.338 e. The molecule has 198 valence electrons. The van der Waals surface area contributed by atoms with Crippen LogP contribution in [0.5, 0.6) is 5.75 Å². The summed E-state index contributed by atoms with van der Waals surface area (Å²) in [5.74, 6) is -0.386. The Morgan fingerprint density at radius 1 is 1.13 bits per heavy atom. The Hall–Kier alpha value is -4.01. The lowest BCUT2D eigenvalue weighted by atomic mass is 9.96. The first-order valence-electron chi connectivity index (χ1n) is 12.3. The summed E-state index contributed by atoms with van der Waals surface area (Å²) in [5, 5.41) is 0.624. The van der Waals surface area contributed by atoms with E-state index in [9.17, 15) is 14.0 Å². The summed E-state index contributed by atoms with van der Waals surface area (Å²) in [6, 6.07) is 19.7. The first kappa shape index (κ1) is 26.6. The molecule has 1 aromatic heterocycles. The van der Waals surface area contributed by atoms with Gasteiger partial charge in [-0.1, -0.05) is 65.4 Å². The van der Waals surface area contributed by atoms with Gasteiger partial charge in [-0.2, -0.15) is 0 Å². The zero-order valence-electron chi connectivity index (χ0n) is 21.2. The van der Waals surface area contributed by atoms with Crippen LogP contribution in [0.1, 0.15) is 36.6 Å². The minimum Gasteiger partial charge on any atom is -0.488 e. The van der Waals surface area contributed by atoms with Crippen molar-refractivity contribution >= 4 is 35.0 Å². The van der Waals surface area contributed by atoms with Gasteiger partial charge in [0.2, 0.25) is 0 Å². The van der Waals surface area contributed by atoms with Crippen molar-refractivity contribution in [2.45, 2.75) is 26.5 Å². The molecule has 0 bridgehead atoms. The van der Waals surface area contributed by atoms with E-state index < -0.39 is 17.8 Å². The van der Waals surface area contributed by atoms with E-state index in [1.165, 1.54) is 28.0 Å². The Bertz CT molecular complexity index is 1760. The fraction of sp³-hybridized carbons (Fsp3) is 0.167. The molecule has 2 heterocycles. The molecule has 1 atom stereocenters. The largest absolute Gasteiger partial charge is 0.488 e. The number of carbonyl (C=O) groups is 1. The highest BCUT2D eigenvalue weighted by Gasteiger charge is 2.33. The van der Waals surface area contributed by atoms with Crippen LogP contribution in [0, 0.1) is 5.82 Å². The molecule has 0 saturated heterocycles. The van der Waals surface area contributed by atoms with Crippen molar-refractivity contribution in [3.05, 3.63) is 131 Å². The molecule has 39 heavy (non-hydrogen) atoms. The highest BCUT2D eigenvalue weighted by Crippen LogP contribution is 2.31. The van der Waals surface area contributed by atoms with Crippen LogP contribution in [0.15, 0.2) is 93.9 Å². The molecule has 9 heteroatoms. The molecule has 3 aromatic carbocycles. The number of rotatable bonds is 7. The Kier molecular flexibility index (Phi) is 7.77. The number of para-hydroxylation sites is 1. The zero-order chi connectivity index (χ0) is 27.5. The molecular weight excluding hydrogens is 539 g/mol. The first-order valence-corrected chi connectivity index (χ1v) is 13.5. The molecule has 0 radical (unpaired) electrons. The average Bonchev–Trinajstić information content (AvgIpc) is 3.22. The Labute approximate surface area is 232 Å². The van der Waals surface area contributed by atoms with Gasteiger partial charge >= 0.3 is 5.97 Å². The van der Waals surface area contributed by atoms with Crippen molar-refractivity contribution in [3.63, 3.8) is 0 Å². The summed E-state index contributed by atoms with van der Waals surface area (Å²) in [6.45, 7) is 3.89. The first-order chi connectivity index (χ1) is 18.9. The molecule has 0 saturated carbocycles. The van der Waals surface area contributed by atoms with E-state index in [4.69, 9.17) is 21.1 Å². The smallest absolute Gasteiger partial charge is 0.338 e. The quantitative estimate of drug-likeness (QED) is 0.291. The van der Waals surface area contributed by atoms with Crippen molar-refractivity contribution in [2.75, 3.05) is 6.61 Å². The average molecular weight is 563 g/mol. The fourth-order valence-corrected chi connectivity index (χ4v) is 5.66. The van der Waals surface area contributed by atoms with E-state index in [-0.39, 0.29) is 17.7 Å². The highest BCUT2D eigenvalue weighted by atomic mass is 35.5. The molecule has 5 rings (SSSR count). The fourth-order valence-electron chi connectivity index (χ4n) is 4.41. The maximum atomic E-state index is 13.8. The molecule has 1 aliphatic rings. The number of ether oxygens (including phenoxy) is 2. The molecule has 1 unspecified atom stereocenters. The van der Waals surface area contributed by atoms with E-state index in [0.717, 1.165) is 5.56 Å². The summed E-state index contributed by atoms with van der Waals surface area (Å²) >= 11 is 7.31. The van der Waals surface area contributed by atoms with Gasteiger partial charge in [0.05, 0.1) is 28.5 Å². The van der Waals surface area contributed by atoms with Crippen molar-refractivity contribution in [2.24, 2.45) is 4.99 Å². The van der Waals surface area contributed by atoms with Gasteiger partial charge in [-0.05, 0) is 61.4 Å². The normalized spacial score (nSPS) is 15.1. The number of aromatic nitrogens is 1. The Morgan fingerprint density at radius 3 is 2.64 bits per heavy atom. The van der Waals surface area contributed by atoms with E-state index in [0.29, 0.717) is 43.5 Å². The lowest BCUT2D eigenvalue weighted by Crippen LogP contribution is -2.39. The number of hydrogen-bond donors (Lipinski definition) is 0. The van der Waals surface area contributed by atoms with Gasteiger partial charge in [-0.25, -0.2) is 14.2 Å². The van der Waals surface area contributed by atoms with Crippen molar-refractivity contribution in [1.82, 2.24) is 4.57 Å². The lowest BCUT2D eigenvalue weighted by molar-refractivity contribution is -0.139. The SMILES string of the molecule is CCOC(=O)C1=C(C)N=c2sc(=Cc3ccccc3OCc3cccc(Cl)c3)c(=O)n2C1c1ccc(F)cc1. The van der Waals surface area contributed by atoms with Crippen LogP contribution in [-0.2, 0) is 16.1 Å². The number of benzene rings is 3.